The summed E-state index contributed by atoms with van der Waals surface area (Å²) in [6.07, 6.45) is -1.12. The molecule has 1 rings (SSSR count). The summed E-state index contributed by atoms with van der Waals surface area (Å²) in [5, 5.41) is 19.9. The first kappa shape index (κ1) is 16.5. The molecule has 0 fully saturated rings. The van der Waals surface area contributed by atoms with Gasteiger partial charge in [-0.2, -0.15) is 0 Å². The zero-order valence-corrected chi connectivity index (χ0v) is 11.5. The normalized spacial score (nSPS) is 13.0. The van der Waals surface area contributed by atoms with Gasteiger partial charge in [-0.25, -0.2) is 9.59 Å². The molecule has 2 atom stereocenters. The molecule has 1 amide bonds. The number of benzene rings is 1. The van der Waals surface area contributed by atoms with E-state index in [1.807, 2.05) is 6.07 Å². The molecule has 0 aliphatic rings. The summed E-state index contributed by atoms with van der Waals surface area (Å²) in [5.41, 5.74) is 0.762. The number of aliphatic carboxylic acids is 2. The Morgan fingerprint density at radius 1 is 1.14 bits per heavy atom. The minimum absolute atomic E-state index is 0.00744. The molecule has 2 unspecified atom stereocenters. The first-order valence-corrected chi connectivity index (χ1v) is 6.33. The van der Waals surface area contributed by atoms with Crippen molar-refractivity contribution >= 4 is 18.0 Å². The number of amides is 1. The SMILES string of the molecule is CC(CC(NC(=O)OCc1ccccc1)C(=O)O)C(=O)O. The summed E-state index contributed by atoms with van der Waals surface area (Å²) < 4.78 is 4.89. The third-order valence-electron chi connectivity index (χ3n) is 2.81. The van der Waals surface area contributed by atoms with Crippen molar-refractivity contribution in [2.45, 2.75) is 26.0 Å². The van der Waals surface area contributed by atoms with Gasteiger partial charge in [-0.05, 0) is 12.0 Å². The molecule has 1 aromatic carbocycles. The Balaban J connectivity index is 2.49. The molecule has 0 aromatic heterocycles. The number of ether oxygens (including phenoxy) is 1. The van der Waals surface area contributed by atoms with Crippen LogP contribution in [0.3, 0.4) is 0 Å². The van der Waals surface area contributed by atoms with E-state index in [0.717, 1.165) is 5.56 Å². The van der Waals surface area contributed by atoms with E-state index < -0.39 is 30.0 Å². The van der Waals surface area contributed by atoms with Gasteiger partial charge in [0.05, 0.1) is 5.92 Å². The summed E-state index contributed by atoms with van der Waals surface area (Å²) in [6, 6.07) is 7.59. The Hall–Kier alpha value is -2.57. The number of carbonyl (C=O) groups excluding carboxylic acids is 1. The molecule has 0 spiro atoms. The minimum Gasteiger partial charge on any atom is -0.481 e. The molecule has 0 saturated carbocycles. The second kappa shape index (κ2) is 7.88. The van der Waals surface area contributed by atoms with Gasteiger partial charge in [-0.15, -0.1) is 0 Å². The number of carbonyl (C=O) groups is 3. The Morgan fingerprint density at radius 2 is 1.76 bits per heavy atom. The van der Waals surface area contributed by atoms with Gasteiger partial charge in [-0.1, -0.05) is 37.3 Å². The predicted octanol–water partition coefficient (Wildman–Crippen LogP) is 1.48. The third kappa shape index (κ3) is 5.94. The lowest BCUT2D eigenvalue weighted by Crippen LogP contribution is -2.42. The predicted molar refractivity (Wildman–Crippen MR) is 72.6 cm³/mol. The molecule has 0 aliphatic carbocycles. The molecular weight excluding hydrogens is 278 g/mol. The number of hydrogen-bond donors (Lipinski definition) is 3. The molecule has 0 heterocycles. The van der Waals surface area contributed by atoms with Crippen molar-refractivity contribution in [3.05, 3.63) is 35.9 Å². The lowest BCUT2D eigenvalue weighted by atomic mass is 10.0. The number of rotatable bonds is 7. The highest BCUT2D eigenvalue weighted by atomic mass is 16.5. The Labute approximate surface area is 121 Å². The number of alkyl carbamates (subject to hydrolysis) is 1. The monoisotopic (exact) mass is 295 g/mol. The van der Waals surface area contributed by atoms with Crippen molar-refractivity contribution < 1.29 is 29.3 Å². The molecule has 0 radical (unpaired) electrons. The van der Waals surface area contributed by atoms with E-state index in [4.69, 9.17) is 14.9 Å². The maximum absolute atomic E-state index is 11.5. The van der Waals surface area contributed by atoms with Gasteiger partial charge in [0.15, 0.2) is 0 Å². The summed E-state index contributed by atoms with van der Waals surface area (Å²) in [7, 11) is 0. The van der Waals surface area contributed by atoms with Crippen molar-refractivity contribution in [2.24, 2.45) is 5.92 Å². The summed E-state index contributed by atoms with van der Waals surface area (Å²) in [5.74, 6) is -3.32. The standard InChI is InChI=1S/C14H17NO6/c1-9(12(16)17)7-11(13(18)19)15-14(20)21-8-10-5-3-2-4-6-10/h2-6,9,11H,7-8H2,1H3,(H,15,20)(H,16,17)(H,18,19). The van der Waals surface area contributed by atoms with Crippen LogP contribution in [-0.2, 0) is 20.9 Å². The maximum Gasteiger partial charge on any atom is 0.408 e. The third-order valence-corrected chi connectivity index (χ3v) is 2.81. The van der Waals surface area contributed by atoms with Crippen LogP contribution >= 0.6 is 0 Å². The second-order valence-electron chi connectivity index (χ2n) is 4.57. The molecule has 0 aliphatic heterocycles. The van der Waals surface area contributed by atoms with E-state index in [9.17, 15) is 14.4 Å². The quantitative estimate of drug-likeness (QED) is 0.702. The van der Waals surface area contributed by atoms with Crippen LogP contribution in [0.4, 0.5) is 4.79 Å². The molecule has 7 nitrogen and oxygen atoms in total. The van der Waals surface area contributed by atoms with Gasteiger partial charge < -0.3 is 20.3 Å². The van der Waals surface area contributed by atoms with Crippen LogP contribution < -0.4 is 5.32 Å². The lowest BCUT2D eigenvalue weighted by molar-refractivity contribution is -0.143. The fraction of sp³-hybridized carbons (Fsp3) is 0.357. The minimum atomic E-state index is -1.31. The van der Waals surface area contributed by atoms with E-state index in [2.05, 4.69) is 5.32 Å². The van der Waals surface area contributed by atoms with E-state index in [0.29, 0.717) is 0 Å². The number of carboxylic acid groups (broad SMARTS) is 2. The number of hydrogen-bond acceptors (Lipinski definition) is 4. The van der Waals surface area contributed by atoms with Crippen LogP contribution in [-0.4, -0.2) is 34.3 Å². The molecular formula is C14H17NO6. The van der Waals surface area contributed by atoms with Gasteiger partial charge in [0.1, 0.15) is 12.6 Å². The van der Waals surface area contributed by atoms with Crippen LogP contribution in [0.5, 0.6) is 0 Å². The van der Waals surface area contributed by atoms with Gasteiger partial charge in [-0.3, -0.25) is 4.79 Å². The molecule has 21 heavy (non-hydrogen) atoms. The Morgan fingerprint density at radius 3 is 2.29 bits per heavy atom. The van der Waals surface area contributed by atoms with Crippen LogP contribution in [0, 0.1) is 5.92 Å². The highest BCUT2D eigenvalue weighted by Gasteiger charge is 2.26. The fourth-order valence-electron chi connectivity index (χ4n) is 1.58. The van der Waals surface area contributed by atoms with E-state index in [-0.39, 0.29) is 13.0 Å². The molecule has 114 valence electrons. The van der Waals surface area contributed by atoms with E-state index >= 15 is 0 Å². The fourth-order valence-corrected chi connectivity index (χ4v) is 1.58. The zero-order valence-electron chi connectivity index (χ0n) is 11.5. The van der Waals surface area contributed by atoms with Crippen molar-refractivity contribution in [2.75, 3.05) is 0 Å². The number of carboxylic acids is 2. The van der Waals surface area contributed by atoms with Crippen LogP contribution in [0.1, 0.15) is 18.9 Å². The smallest absolute Gasteiger partial charge is 0.408 e. The van der Waals surface area contributed by atoms with Crippen molar-refractivity contribution in [3.63, 3.8) is 0 Å². The van der Waals surface area contributed by atoms with Crippen LogP contribution in [0.2, 0.25) is 0 Å². The molecule has 1 aromatic rings. The molecule has 0 saturated heterocycles. The van der Waals surface area contributed by atoms with Crippen molar-refractivity contribution in [3.8, 4) is 0 Å². The Bertz CT molecular complexity index is 501. The highest BCUT2D eigenvalue weighted by molar-refractivity contribution is 5.81. The topological polar surface area (TPSA) is 113 Å². The average Bonchev–Trinajstić information content (AvgIpc) is 2.45. The van der Waals surface area contributed by atoms with Gasteiger partial charge in [0, 0.05) is 0 Å². The van der Waals surface area contributed by atoms with Crippen molar-refractivity contribution in [1.29, 1.82) is 0 Å². The van der Waals surface area contributed by atoms with E-state index in [1.54, 1.807) is 24.3 Å². The molecule has 0 bridgehead atoms. The first-order chi connectivity index (χ1) is 9.90. The van der Waals surface area contributed by atoms with Gasteiger partial charge in [0.2, 0.25) is 0 Å². The molecule has 7 heteroatoms. The lowest BCUT2D eigenvalue weighted by Gasteiger charge is -2.16. The summed E-state index contributed by atoms with van der Waals surface area (Å²) in [4.78, 5) is 33.3. The first-order valence-electron chi connectivity index (χ1n) is 6.33. The Kier molecular flexibility index (Phi) is 6.19. The molecule has 3 N–H and O–H groups in total. The second-order valence-corrected chi connectivity index (χ2v) is 4.57. The number of nitrogens with one attached hydrogen (secondary N) is 1. The van der Waals surface area contributed by atoms with Gasteiger partial charge >= 0.3 is 18.0 Å². The van der Waals surface area contributed by atoms with Gasteiger partial charge in [0.25, 0.3) is 0 Å². The van der Waals surface area contributed by atoms with Crippen LogP contribution in [0.15, 0.2) is 30.3 Å². The van der Waals surface area contributed by atoms with Crippen molar-refractivity contribution in [1.82, 2.24) is 5.32 Å². The maximum atomic E-state index is 11.5. The van der Waals surface area contributed by atoms with E-state index in [1.165, 1.54) is 6.92 Å². The van der Waals surface area contributed by atoms with Crippen LogP contribution in [0.25, 0.3) is 0 Å². The summed E-state index contributed by atoms with van der Waals surface area (Å²) in [6.45, 7) is 1.38. The summed E-state index contributed by atoms with van der Waals surface area (Å²) >= 11 is 0. The zero-order chi connectivity index (χ0) is 15.8. The average molecular weight is 295 g/mol. The highest BCUT2D eigenvalue weighted by Crippen LogP contribution is 2.07. The largest absolute Gasteiger partial charge is 0.481 e.